The molecule has 6 atom stereocenters. The molecule has 3 heterocycles. The quantitative estimate of drug-likeness (QED) is 0.688. The van der Waals surface area contributed by atoms with E-state index in [0.29, 0.717) is 48.5 Å². The van der Waals surface area contributed by atoms with Crippen molar-refractivity contribution in [2.24, 2.45) is 23.7 Å². The Bertz CT molecular complexity index is 449. The molecule has 4 nitrogen and oxygen atoms in total. The number of carbonyl (C=O) groups excluding carboxylic acids is 2. The molecule has 0 radical (unpaired) electrons. The first kappa shape index (κ1) is 12.7. The maximum atomic E-state index is 12.3. The first-order chi connectivity index (χ1) is 9.70. The lowest BCUT2D eigenvalue weighted by atomic mass is 9.62. The van der Waals surface area contributed by atoms with E-state index in [-0.39, 0.29) is 12.1 Å². The molecule has 0 unspecified atom stereocenters. The lowest BCUT2D eigenvalue weighted by molar-refractivity contribution is -0.148. The Morgan fingerprint density at radius 3 is 2.85 bits per heavy atom. The predicted molar refractivity (Wildman–Crippen MR) is 72.7 cm³/mol. The first-order valence-corrected chi connectivity index (χ1v) is 8.19. The van der Waals surface area contributed by atoms with Gasteiger partial charge in [0.1, 0.15) is 6.10 Å². The number of fused-ring (bicyclic) bond motifs is 2. The molecule has 20 heavy (non-hydrogen) atoms. The third-order valence-corrected chi connectivity index (χ3v) is 6.27. The van der Waals surface area contributed by atoms with Crippen LogP contribution in [0.25, 0.3) is 0 Å². The third kappa shape index (κ3) is 1.60. The second kappa shape index (κ2) is 4.47. The van der Waals surface area contributed by atoms with Gasteiger partial charge in [0, 0.05) is 30.8 Å². The van der Waals surface area contributed by atoms with E-state index in [9.17, 15) is 9.59 Å². The summed E-state index contributed by atoms with van der Waals surface area (Å²) in [5, 5.41) is 0. The second-order valence-electron chi connectivity index (χ2n) is 6.98. The fraction of sp³-hybridized carbons (Fsp3) is 0.875. The van der Waals surface area contributed by atoms with Crippen molar-refractivity contribution >= 4 is 11.9 Å². The molecule has 0 aromatic carbocycles. The number of rotatable bonds is 1. The molecule has 0 bridgehead atoms. The Morgan fingerprint density at radius 1 is 1.20 bits per heavy atom. The highest BCUT2D eigenvalue weighted by Gasteiger charge is 2.59. The second-order valence-corrected chi connectivity index (χ2v) is 6.98. The highest BCUT2D eigenvalue weighted by molar-refractivity contribution is 5.77. The molecule has 4 aliphatic rings. The number of carbonyl (C=O) groups is 2. The Hall–Kier alpha value is -1.06. The van der Waals surface area contributed by atoms with Gasteiger partial charge in [-0.25, -0.2) is 0 Å². The average Bonchev–Trinajstić information content (AvgIpc) is 2.97. The van der Waals surface area contributed by atoms with Crippen LogP contribution >= 0.6 is 0 Å². The zero-order chi connectivity index (χ0) is 13.9. The van der Waals surface area contributed by atoms with Crippen LogP contribution in [0, 0.1) is 23.7 Å². The number of esters is 1. The zero-order valence-electron chi connectivity index (χ0n) is 12.1. The van der Waals surface area contributed by atoms with E-state index in [2.05, 4.69) is 11.8 Å². The van der Waals surface area contributed by atoms with Crippen LogP contribution in [0.3, 0.4) is 0 Å². The molecule has 0 spiro atoms. The summed E-state index contributed by atoms with van der Waals surface area (Å²) >= 11 is 0. The van der Waals surface area contributed by atoms with Crippen molar-refractivity contribution in [2.75, 3.05) is 6.54 Å². The minimum Gasteiger partial charge on any atom is -0.462 e. The summed E-state index contributed by atoms with van der Waals surface area (Å²) in [5.41, 5.74) is 0. The van der Waals surface area contributed by atoms with Gasteiger partial charge in [-0.05, 0) is 37.5 Å². The van der Waals surface area contributed by atoms with Crippen LogP contribution in [0.4, 0.5) is 0 Å². The summed E-state index contributed by atoms with van der Waals surface area (Å²) in [6.45, 7) is 3.11. The maximum Gasteiger partial charge on any atom is 0.306 e. The molecule has 110 valence electrons. The van der Waals surface area contributed by atoms with Gasteiger partial charge in [0.05, 0.1) is 6.42 Å². The molecule has 4 fully saturated rings. The highest BCUT2D eigenvalue weighted by Crippen LogP contribution is 2.53. The van der Waals surface area contributed by atoms with Crippen LogP contribution in [0.2, 0.25) is 0 Å². The molecule has 0 N–H and O–H groups in total. The molecular weight excluding hydrogens is 254 g/mol. The van der Waals surface area contributed by atoms with Crippen LogP contribution in [-0.2, 0) is 14.3 Å². The lowest BCUT2D eigenvalue weighted by Crippen LogP contribution is -2.53. The Kier molecular flexibility index (Phi) is 2.83. The van der Waals surface area contributed by atoms with Gasteiger partial charge in [0.25, 0.3) is 0 Å². The summed E-state index contributed by atoms with van der Waals surface area (Å²) in [4.78, 5) is 26.2. The van der Waals surface area contributed by atoms with E-state index in [1.54, 1.807) is 0 Å². The maximum absolute atomic E-state index is 12.3. The van der Waals surface area contributed by atoms with Gasteiger partial charge in [-0.15, -0.1) is 0 Å². The molecule has 4 heteroatoms. The van der Waals surface area contributed by atoms with E-state index in [1.807, 2.05) is 0 Å². The van der Waals surface area contributed by atoms with Crippen molar-refractivity contribution in [1.29, 1.82) is 0 Å². The third-order valence-electron chi connectivity index (χ3n) is 6.27. The molecule has 0 aromatic heterocycles. The Morgan fingerprint density at radius 2 is 2.05 bits per heavy atom. The lowest BCUT2D eigenvalue weighted by Gasteiger charge is -2.47. The van der Waals surface area contributed by atoms with Gasteiger partial charge in [-0.1, -0.05) is 6.92 Å². The summed E-state index contributed by atoms with van der Waals surface area (Å²) in [6.07, 6.45) is 5.69. The predicted octanol–water partition coefficient (Wildman–Crippen LogP) is 1.98. The molecule has 3 saturated heterocycles. The van der Waals surface area contributed by atoms with Gasteiger partial charge in [-0.2, -0.15) is 0 Å². The van der Waals surface area contributed by atoms with E-state index in [1.165, 1.54) is 0 Å². The summed E-state index contributed by atoms with van der Waals surface area (Å²) in [5.74, 6) is 2.20. The molecule has 1 amide bonds. The van der Waals surface area contributed by atoms with Crippen molar-refractivity contribution in [2.45, 2.75) is 57.6 Å². The van der Waals surface area contributed by atoms with Gasteiger partial charge in [0.2, 0.25) is 5.91 Å². The molecule has 3 aliphatic heterocycles. The monoisotopic (exact) mass is 277 g/mol. The molecule has 4 rings (SSSR count). The Labute approximate surface area is 119 Å². The number of amides is 1. The molecule has 1 saturated carbocycles. The van der Waals surface area contributed by atoms with E-state index in [0.717, 1.165) is 32.2 Å². The molecule has 0 aromatic rings. The molecular formula is C16H23NO3. The smallest absolute Gasteiger partial charge is 0.306 e. The van der Waals surface area contributed by atoms with Crippen molar-refractivity contribution in [3.8, 4) is 0 Å². The first-order valence-electron chi connectivity index (χ1n) is 8.19. The van der Waals surface area contributed by atoms with Gasteiger partial charge >= 0.3 is 5.97 Å². The van der Waals surface area contributed by atoms with Crippen molar-refractivity contribution in [3.63, 3.8) is 0 Å². The van der Waals surface area contributed by atoms with Crippen molar-refractivity contribution in [3.05, 3.63) is 0 Å². The number of nitrogens with zero attached hydrogens (tertiary/aromatic N) is 1. The minimum atomic E-state index is -0.0142. The van der Waals surface area contributed by atoms with Crippen molar-refractivity contribution < 1.29 is 14.3 Å². The van der Waals surface area contributed by atoms with Gasteiger partial charge in [0.15, 0.2) is 0 Å². The standard InChI is InChI=1S/C16H23NO3/c1-2-9-10-4-3-5-13(18)17-7-6-11(15(10)17)12-8-14(19)20-16(9)12/h9-12,15-16H,2-8H2,1H3/t9-,10-,11+,12+,15-,16-/m1/s1. The highest BCUT2D eigenvalue weighted by atomic mass is 16.6. The number of ether oxygens (including phenoxy) is 1. The normalized spacial score (nSPS) is 46.8. The fourth-order valence-corrected chi connectivity index (χ4v) is 5.59. The van der Waals surface area contributed by atoms with E-state index >= 15 is 0 Å². The summed E-state index contributed by atoms with van der Waals surface area (Å²) in [6, 6.07) is 0.394. The van der Waals surface area contributed by atoms with Crippen LogP contribution < -0.4 is 0 Å². The van der Waals surface area contributed by atoms with Crippen LogP contribution in [0.15, 0.2) is 0 Å². The Balaban J connectivity index is 1.74. The summed E-state index contributed by atoms with van der Waals surface area (Å²) in [7, 11) is 0. The zero-order valence-corrected chi connectivity index (χ0v) is 12.1. The largest absolute Gasteiger partial charge is 0.462 e. The van der Waals surface area contributed by atoms with Crippen LogP contribution in [0.5, 0.6) is 0 Å². The van der Waals surface area contributed by atoms with E-state index in [4.69, 9.17) is 4.74 Å². The van der Waals surface area contributed by atoms with Gasteiger partial charge < -0.3 is 9.64 Å². The van der Waals surface area contributed by atoms with Crippen molar-refractivity contribution in [1.82, 2.24) is 4.90 Å². The van der Waals surface area contributed by atoms with Gasteiger partial charge in [-0.3, -0.25) is 9.59 Å². The van der Waals surface area contributed by atoms with E-state index < -0.39 is 0 Å². The topological polar surface area (TPSA) is 46.6 Å². The average molecular weight is 277 g/mol. The SMILES string of the molecule is CC[C@@H]1[C@H]2CCCC(=O)N3CC[C@@H]([C@@H]4CC(=O)O[C@H]14)[C@@H]23. The molecule has 1 aliphatic carbocycles. The van der Waals surface area contributed by atoms with Crippen LogP contribution in [-0.4, -0.2) is 35.5 Å². The minimum absolute atomic E-state index is 0.0142. The number of hydrogen-bond acceptors (Lipinski definition) is 3. The fourth-order valence-electron chi connectivity index (χ4n) is 5.59. The summed E-state index contributed by atoms with van der Waals surface area (Å²) < 4.78 is 5.69. The number of hydrogen-bond donors (Lipinski definition) is 0. The van der Waals surface area contributed by atoms with Crippen LogP contribution in [0.1, 0.15) is 45.4 Å².